The van der Waals surface area contributed by atoms with Crippen LogP contribution in [0.5, 0.6) is 0 Å². The number of nitrogens with one attached hydrogen (secondary N) is 1. The molecule has 0 aromatic heterocycles. The highest BCUT2D eigenvalue weighted by Crippen LogP contribution is 2.24. The van der Waals surface area contributed by atoms with Gasteiger partial charge in [0, 0.05) is 18.7 Å². The summed E-state index contributed by atoms with van der Waals surface area (Å²) >= 11 is 0. The molecule has 3 atom stereocenters. The van der Waals surface area contributed by atoms with Crippen molar-refractivity contribution in [2.45, 2.75) is 57.0 Å². The van der Waals surface area contributed by atoms with Crippen LogP contribution in [0.15, 0.2) is 0 Å². The minimum absolute atomic E-state index is 0.212. The fraction of sp³-hybridized carbons (Fsp3) is 0.923. The Morgan fingerprint density at radius 3 is 2.69 bits per heavy atom. The Kier molecular flexibility index (Phi) is 4.62. The van der Waals surface area contributed by atoms with Gasteiger partial charge in [-0.2, -0.15) is 5.26 Å². The van der Waals surface area contributed by atoms with Crippen molar-refractivity contribution < 1.29 is 4.74 Å². The Labute approximate surface area is 98.2 Å². The van der Waals surface area contributed by atoms with E-state index in [1.807, 2.05) is 0 Å². The molecule has 1 heterocycles. The summed E-state index contributed by atoms with van der Waals surface area (Å²) in [4.78, 5) is 0. The Morgan fingerprint density at radius 1 is 1.06 bits per heavy atom. The van der Waals surface area contributed by atoms with Crippen molar-refractivity contribution in [3.63, 3.8) is 0 Å². The van der Waals surface area contributed by atoms with Gasteiger partial charge < -0.3 is 10.1 Å². The van der Waals surface area contributed by atoms with E-state index in [0.29, 0.717) is 12.1 Å². The van der Waals surface area contributed by atoms with Gasteiger partial charge in [-0.05, 0) is 25.7 Å². The maximum Gasteiger partial charge on any atom is 0.0672 e. The van der Waals surface area contributed by atoms with Gasteiger partial charge in [0.05, 0.1) is 18.6 Å². The zero-order valence-electron chi connectivity index (χ0n) is 9.95. The molecule has 3 unspecified atom stereocenters. The third-order valence-corrected chi connectivity index (χ3v) is 3.79. The Bertz CT molecular complexity index is 243. The van der Waals surface area contributed by atoms with Crippen LogP contribution >= 0.6 is 0 Å². The first-order chi connectivity index (χ1) is 7.90. The molecule has 90 valence electrons. The van der Waals surface area contributed by atoms with Crippen LogP contribution in [0.2, 0.25) is 0 Å². The van der Waals surface area contributed by atoms with E-state index in [4.69, 9.17) is 4.74 Å². The van der Waals surface area contributed by atoms with Crippen molar-refractivity contribution in [3.8, 4) is 6.07 Å². The molecule has 1 N–H and O–H groups in total. The standard InChI is InChI=1S/C13H22N2O/c14-9-11-5-2-1-3-7-13(11)15-12-6-4-8-16-10-12/h11-13,15H,1-8,10H2. The lowest BCUT2D eigenvalue weighted by Gasteiger charge is -2.29. The van der Waals surface area contributed by atoms with Crippen LogP contribution in [0.4, 0.5) is 0 Å². The van der Waals surface area contributed by atoms with Gasteiger partial charge in [0.15, 0.2) is 0 Å². The fourth-order valence-electron chi connectivity index (χ4n) is 2.84. The molecule has 2 fully saturated rings. The van der Waals surface area contributed by atoms with Crippen molar-refractivity contribution in [2.24, 2.45) is 5.92 Å². The van der Waals surface area contributed by atoms with E-state index in [1.165, 1.54) is 25.7 Å². The highest BCUT2D eigenvalue weighted by Gasteiger charge is 2.26. The van der Waals surface area contributed by atoms with Crippen LogP contribution in [0, 0.1) is 17.2 Å². The van der Waals surface area contributed by atoms with E-state index in [2.05, 4.69) is 11.4 Å². The monoisotopic (exact) mass is 222 g/mol. The Balaban J connectivity index is 1.87. The fourth-order valence-corrected chi connectivity index (χ4v) is 2.84. The number of rotatable bonds is 2. The van der Waals surface area contributed by atoms with Crippen LogP contribution in [0.3, 0.4) is 0 Å². The number of nitrogens with zero attached hydrogens (tertiary/aromatic N) is 1. The summed E-state index contributed by atoms with van der Waals surface area (Å²) in [6, 6.07) is 3.36. The molecule has 0 aromatic carbocycles. The lowest BCUT2D eigenvalue weighted by Crippen LogP contribution is -2.45. The molecule has 1 aliphatic heterocycles. The third-order valence-electron chi connectivity index (χ3n) is 3.79. The van der Waals surface area contributed by atoms with E-state index in [1.54, 1.807) is 0 Å². The van der Waals surface area contributed by atoms with Gasteiger partial charge in [-0.1, -0.05) is 19.3 Å². The lowest BCUT2D eigenvalue weighted by molar-refractivity contribution is 0.0639. The molecule has 0 aromatic rings. The zero-order chi connectivity index (χ0) is 11.2. The average molecular weight is 222 g/mol. The molecule has 1 saturated carbocycles. The zero-order valence-corrected chi connectivity index (χ0v) is 9.95. The van der Waals surface area contributed by atoms with E-state index in [0.717, 1.165) is 32.5 Å². The molecular formula is C13H22N2O. The molecule has 0 spiro atoms. The van der Waals surface area contributed by atoms with Crippen LogP contribution in [0.25, 0.3) is 0 Å². The molecule has 16 heavy (non-hydrogen) atoms. The minimum Gasteiger partial charge on any atom is -0.380 e. The molecule has 0 bridgehead atoms. The van der Waals surface area contributed by atoms with Gasteiger partial charge in [0.25, 0.3) is 0 Å². The summed E-state index contributed by atoms with van der Waals surface area (Å²) in [5.74, 6) is 0.212. The second kappa shape index (κ2) is 6.22. The van der Waals surface area contributed by atoms with E-state index >= 15 is 0 Å². The van der Waals surface area contributed by atoms with E-state index in [9.17, 15) is 5.26 Å². The molecule has 1 saturated heterocycles. The van der Waals surface area contributed by atoms with Crippen molar-refractivity contribution in [2.75, 3.05) is 13.2 Å². The first-order valence-electron chi connectivity index (χ1n) is 6.63. The topological polar surface area (TPSA) is 45.0 Å². The third kappa shape index (κ3) is 3.20. The van der Waals surface area contributed by atoms with Crippen molar-refractivity contribution in [1.29, 1.82) is 5.26 Å². The van der Waals surface area contributed by atoms with Gasteiger partial charge in [-0.25, -0.2) is 0 Å². The maximum absolute atomic E-state index is 9.19. The predicted octanol–water partition coefficient (Wildman–Crippen LogP) is 2.23. The lowest BCUT2D eigenvalue weighted by atomic mass is 9.95. The van der Waals surface area contributed by atoms with Crippen LogP contribution < -0.4 is 5.32 Å². The smallest absolute Gasteiger partial charge is 0.0672 e. The molecule has 1 aliphatic carbocycles. The molecule has 0 radical (unpaired) electrons. The molecule has 3 heteroatoms. The van der Waals surface area contributed by atoms with Gasteiger partial charge in [-0.15, -0.1) is 0 Å². The normalized spacial score (nSPS) is 36.3. The van der Waals surface area contributed by atoms with E-state index in [-0.39, 0.29) is 5.92 Å². The summed E-state index contributed by atoms with van der Waals surface area (Å²) in [5, 5.41) is 12.8. The first kappa shape index (κ1) is 11.9. The van der Waals surface area contributed by atoms with Gasteiger partial charge >= 0.3 is 0 Å². The van der Waals surface area contributed by atoms with Crippen molar-refractivity contribution in [1.82, 2.24) is 5.32 Å². The van der Waals surface area contributed by atoms with Crippen LogP contribution in [0.1, 0.15) is 44.9 Å². The van der Waals surface area contributed by atoms with Crippen molar-refractivity contribution >= 4 is 0 Å². The maximum atomic E-state index is 9.19. The second-order valence-electron chi connectivity index (χ2n) is 5.06. The van der Waals surface area contributed by atoms with E-state index < -0.39 is 0 Å². The molecule has 0 amide bonds. The van der Waals surface area contributed by atoms with Crippen LogP contribution in [-0.4, -0.2) is 25.3 Å². The molecule has 2 aliphatic rings. The summed E-state index contributed by atoms with van der Waals surface area (Å²) in [7, 11) is 0. The number of hydrogen-bond donors (Lipinski definition) is 1. The number of nitriles is 1. The molecule has 3 nitrogen and oxygen atoms in total. The quantitative estimate of drug-likeness (QED) is 0.729. The summed E-state index contributed by atoms with van der Waals surface area (Å²) < 4.78 is 5.48. The highest BCUT2D eigenvalue weighted by atomic mass is 16.5. The van der Waals surface area contributed by atoms with Gasteiger partial charge in [-0.3, -0.25) is 0 Å². The summed E-state index contributed by atoms with van der Waals surface area (Å²) in [6.45, 7) is 1.74. The molecule has 2 rings (SSSR count). The summed E-state index contributed by atoms with van der Waals surface area (Å²) in [6.07, 6.45) is 8.37. The second-order valence-corrected chi connectivity index (χ2v) is 5.06. The summed E-state index contributed by atoms with van der Waals surface area (Å²) in [5.41, 5.74) is 0. The first-order valence-corrected chi connectivity index (χ1v) is 6.63. The Hall–Kier alpha value is -0.590. The average Bonchev–Trinajstić information content (AvgIpc) is 2.55. The SMILES string of the molecule is N#CC1CCCCCC1NC1CCCOC1. The Morgan fingerprint density at radius 2 is 1.94 bits per heavy atom. The number of ether oxygens (including phenoxy) is 1. The van der Waals surface area contributed by atoms with Crippen molar-refractivity contribution in [3.05, 3.63) is 0 Å². The highest BCUT2D eigenvalue weighted by molar-refractivity contribution is 4.94. The molecular weight excluding hydrogens is 200 g/mol. The van der Waals surface area contributed by atoms with Gasteiger partial charge in [0.2, 0.25) is 0 Å². The van der Waals surface area contributed by atoms with Gasteiger partial charge in [0.1, 0.15) is 0 Å². The predicted molar refractivity (Wildman–Crippen MR) is 63.0 cm³/mol. The minimum atomic E-state index is 0.212. The van der Waals surface area contributed by atoms with Crippen LogP contribution in [-0.2, 0) is 4.74 Å². The largest absolute Gasteiger partial charge is 0.380 e. The number of hydrogen-bond acceptors (Lipinski definition) is 3.